The maximum atomic E-state index is 2.50. The molecule has 9 heavy (non-hydrogen) atoms. The molecular formula is C5H18N2Si2. The second kappa shape index (κ2) is 4.21. The van der Waals surface area contributed by atoms with Gasteiger partial charge in [0.1, 0.15) is 0 Å². The van der Waals surface area contributed by atoms with E-state index in [1.54, 1.807) is 0 Å². The zero-order chi connectivity index (χ0) is 7.44. The SMILES string of the molecule is C[C@@H](CN(C)C)N([SiH3])[SiH3]. The lowest BCUT2D eigenvalue weighted by Crippen LogP contribution is -2.36. The Kier molecular flexibility index (Phi) is 4.38. The maximum absolute atomic E-state index is 2.50. The lowest BCUT2D eigenvalue weighted by Gasteiger charge is -2.23. The summed E-state index contributed by atoms with van der Waals surface area (Å²) in [6, 6.07) is 0.776. The van der Waals surface area contributed by atoms with Gasteiger partial charge in [-0.1, -0.05) is 0 Å². The van der Waals surface area contributed by atoms with Crippen molar-refractivity contribution in [3.8, 4) is 0 Å². The molecule has 0 aromatic carbocycles. The third-order valence-electron chi connectivity index (χ3n) is 1.51. The van der Waals surface area contributed by atoms with Gasteiger partial charge in [-0.15, -0.1) is 0 Å². The topological polar surface area (TPSA) is 6.48 Å². The van der Waals surface area contributed by atoms with E-state index in [-0.39, 0.29) is 0 Å². The van der Waals surface area contributed by atoms with Crippen molar-refractivity contribution in [1.82, 2.24) is 9.13 Å². The van der Waals surface area contributed by atoms with Gasteiger partial charge in [0.2, 0.25) is 0 Å². The largest absolute Gasteiger partial charge is 0.357 e. The number of rotatable bonds is 3. The Morgan fingerprint density at radius 3 is 1.89 bits per heavy atom. The molecule has 0 saturated heterocycles. The Morgan fingerprint density at radius 1 is 1.33 bits per heavy atom. The highest BCUT2D eigenvalue weighted by molar-refractivity contribution is 6.25. The minimum absolute atomic E-state index is 0.776. The van der Waals surface area contributed by atoms with E-state index < -0.39 is 0 Å². The molecule has 0 unspecified atom stereocenters. The molecule has 0 spiro atoms. The molecule has 0 fully saturated rings. The van der Waals surface area contributed by atoms with E-state index in [4.69, 9.17) is 0 Å². The van der Waals surface area contributed by atoms with Crippen molar-refractivity contribution in [2.45, 2.75) is 13.0 Å². The van der Waals surface area contributed by atoms with Gasteiger partial charge in [-0.2, -0.15) is 0 Å². The molecule has 1 atom stereocenters. The highest BCUT2D eigenvalue weighted by Gasteiger charge is 2.02. The normalized spacial score (nSPS) is 15.7. The molecule has 0 N–H and O–H groups in total. The van der Waals surface area contributed by atoms with Crippen molar-refractivity contribution in [2.24, 2.45) is 0 Å². The molecular weight excluding hydrogens is 144 g/mol. The molecule has 56 valence electrons. The Bertz CT molecular complexity index is 75.4. The van der Waals surface area contributed by atoms with Crippen molar-refractivity contribution < 1.29 is 0 Å². The second-order valence-electron chi connectivity index (χ2n) is 3.07. The first-order chi connectivity index (χ1) is 4.04. The highest BCUT2D eigenvalue weighted by atomic mass is 28.2. The van der Waals surface area contributed by atoms with Crippen LogP contribution in [-0.2, 0) is 0 Å². The molecule has 4 heteroatoms. The third-order valence-corrected chi connectivity index (χ3v) is 3.27. The molecule has 2 nitrogen and oxygen atoms in total. The van der Waals surface area contributed by atoms with Gasteiger partial charge in [0, 0.05) is 12.6 Å². The Morgan fingerprint density at radius 2 is 1.78 bits per heavy atom. The highest BCUT2D eigenvalue weighted by Crippen LogP contribution is 1.90. The monoisotopic (exact) mass is 162 g/mol. The maximum Gasteiger partial charge on any atom is 0.0701 e. The van der Waals surface area contributed by atoms with E-state index in [2.05, 4.69) is 30.2 Å². The zero-order valence-corrected chi connectivity index (χ0v) is 11.2. The lowest BCUT2D eigenvalue weighted by atomic mass is 10.3. The first-order valence-corrected chi connectivity index (χ1v) is 5.14. The van der Waals surface area contributed by atoms with Gasteiger partial charge in [0.05, 0.1) is 20.8 Å². The van der Waals surface area contributed by atoms with Gasteiger partial charge in [-0.3, -0.25) is 0 Å². The summed E-state index contributed by atoms with van der Waals surface area (Å²) in [7, 11) is 6.71. The van der Waals surface area contributed by atoms with Gasteiger partial charge in [0.15, 0.2) is 0 Å². The fourth-order valence-corrected chi connectivity index (χ4v) is 1.02. The van der Waals surface area contributed by atoms with Crippen molar-refractivity contribution in [1.29, 1.82) is 0 Å². The van der Waals surface area contributed by atoms with Crippen LogP contribution < -0.4 is 0 Å². The van der Waals surface area contributed by atoms with Crippen molar-refractivity contribution in [3.63, 3.8) is 0 Å². The van der Waals surface area contributed by atoms with Crippen LogP contribution >= 0.6 is 0 Å². The summed E-state index contributed by atoms with van der Waals surface area (Å²) in [6.45, 7) is 3.49. The zero-order valence-electron chi connectivity index (χ0n) is 7.18. The van der Waals surface area contributed by atoms with Gasteiger partial charge in [-0.25, -0.2) is 0 Å². The molecule has 0 saturated carbocycles. The quantitative estimate of drug-likeness (QED) is 0.435. The van der Waals surface area contributed by atoms with E-state index in [0.717, 1.165) is 6.04 Å². The van der Waals surface area contributed by atoms with Crippen LogP contribution in [0, 0.1) is 0 Å². The lowest BCUT2D eigenvalue weighted by molar-refractivity contribution is 0.335. The fraction of sp³-hybridized carbons (Fsp3) is 1.00. The fourth-order valence-electron chi connectivity index (χ4n) is 0.692. The first kappa shape index (κ1) is 9.35. The van der Waals surface area contributed by atoms with Gasteiger partial charge >= 0.3 is 0 Å². The minimum Gasteiger partial charge on any atom is -0.357 e. The van der Waals surface area contributed by atoms with Crippen LogP contribution in [0.1, 0.15) is 6.92 Å². The second-order valence-corrected chi connectivity index (χ2v) is 7.69. The van der Waals surface area contributed by atoms with E-state index in [9.17, 15) is 0 Å². The summed E-state index contributed by atoms with van der Waals surface area (Å²) >= 11 is 0. The molecule has 0 bridgehead atoms. The summed E-state index contributed by atoms with van der Waals surface area (Å²) < 4.78 is 2.50. The molecule has 0 amide bonds. The number of hydrogen-bond acceptors (Lipinski definition) is 2. The summed E-state index contributed by atoms with van der Waals surface area (Å²) in [5.41, 5.74) is 0. The van der Waals surface area contributed by atoms with Crippen LogP contribution in [0.15, 0.2) is 0 Å². The van der Waals surface area contributed by atoms with Crippen LogP contribution in [0.25, 0.3) is 0 Å². The average molecular weight is 162 g/mol. The molecule has 0 aliphatic heterocycles. The Labute approximate surface area is 64.2 Å². The molecule has 0 aromatic rings. The van der Waals surface area contributed by atoms with Gasteiger partial charge in [0.25, 0.3) is 0 Å². The summed E-state index contributed by atoms with van der Waals surface area (Å²) in [6.07, 6.45) is 0. The third kappa shape index (κ3) is 4.83. The minimum atomic E-state index is 0.776. The van der Waals surface area contributed by atoms with Crippen molar-refractivity contribution >= 4 is 20.8 Å². The summed E-state index contributed by atoms with van der Waals surface area (Å²) in [5, 5.41) is 0. The van der Waals surface area contributed by atoms with Gasteiger partial charge < -0.3 is 9.13 Å². The number of nitrogens with zero attached hydrogens (tertiary/aromatic N) is 2. The Hall–Kier alpha value is 0.354. The van der Waals surface area contributed by atoms with Crippen LogP contribution in [0.3, 0.4) is 0 Å². The first-order valence-electron chi connectivity index (χ1n) is 3.35. The molecule has 0 rings (SSSR count). The smallest absolute Gasteiger partial charge is 0.0701 e. The summed E-state index contributed by atoms with van der Waals surface area (Å²) in [4.78, 5) is 2.24. The predicted octanol–water partition coefficient (Wildman–Crippen LogP) is -2.20. The number of likely N-dealkylation sites (N-methyl/N-ethyl adjacent to an activating group) is 1. The van der Waals surface area contributed by atoms with Crippen molar-refractivity contribution in [3.05, 3.63) is 0 Å². The molecule has 0 radical (unpaired) electrons. The van der Waals surface area contributed by atoms with Crippen LogP contribution in [0.2, 0.25) is 0 Å². The average Bonchev–Trinajstić information content (AvgIpc) is 1.63. The molecule has 0 heterocycles. The van der Waals surface area contributed by atoms with Crippen LogP contribution in [0.5, 0.6) is 0 Å². The predicted molar refractivity (Wildman–Crippen MR) is 49.7 cm³/mol. The van der Waals surface area contributed by atoms with E-state index >= 15 is 0 Å². The van der Waals surface area contributed by atoms with E-state index in [1.807, 2.05) is 0 Å². The van der Waals surface area contributed by atoms with E-state index in [0.29, 0.717) is 0 Å². The standard InChI is InChI=1S/C5H18N2Si2/c1-5(7(8)9)4-6(2)3/h5H,4H2,1-3,8-9H3/t5-/m0/s1. The van der Waals surface area contributed by atoms with Gasteiger partial charge in [-0.05, 0) is 21.0 Å². The molecule has 0 aliphatic carbocycles. The number of hydrogen-bond donors (Lipinski definition) is 0. The molecule has 0 aromatic heterocycles. The van der Waals surface area contributed by atoms with E-state index in [1.165, 1.54) is 27.4 Å². The van der Waals surface area contributed by atoms with Crippen LogP contribution in [0.4, 0.5) is 0 Å². The summed E-state index contributed by atoms with van der Waals surface area (Å²) in [5.74, 6) is 0. The van der Waals surface area contributed by atoms with Crippen LogP contribution in [-0.4, -0.2) is 56.6 Å². The Balaban J connectivity index is 3.38. The molecule has 0 aliphatic rings. The van der Waals surface area contributed by atoms with Crippen molar-refractivity contribution in [2.75, 3.05) is 20.6 Å².